The predicted octanol–water partition coefficient (Wildman–Crippen LogP) is 2.42. The fourth-order valence-electron chi connectivity index (χ4n) is 4.50. The summed E-state index contributed by atoms with van der Waals surface area (Å²) in [5, 5.41) is 6.86. The second-order valence-corrected chi connectivity index (χ2v) is 8.69. The van der Waals surface area contributed by atoms with E-state index in [4.69, 9.17) is 4.84 Å². The number of benzene rings is 1. The molecule has 0 bridgehead atoms. The third-order valence-corrected chi connectivity index (χ3v) is 6.33. The van der Waals surface area contributed by atoms with Crippen LogP contribution in [0.25, 0.3) is 0 Å². The molecule has 1 aliphatic heterocycles. The summed E-state index contributed by atoms with van der Waals surface area (Å²) in [4.78, 5) is 47.0. The van der Waals surface area contributed by atoms with Gasteiger partial charge in [0.1, 0.15) is 5.82 Å². The molecule has 0 spiro atoms. The van der Waals surface area contributed by atoms with E-state index in [-0.39, 0.29) is 24.0 Å². The number of aromatic nitrogens is 2. The molecule has 1 saturated heterocycles. The number of rotatable bonds is 8. The van der Waals surface area contributed by atoms with E-state index in [0.717, 1.165) is 37.8 Å². The Bertz CT molecular complexity index is 1100. The zero-order valence-corrected chi connectivity index (χ0v) is 19.0. The van der Waals surface area contributed by atoms with Crippen LogP contribution in [0, 0.1) is 5.92 Å². The number of carbonyl (C=O) groups excluding carboxylic acids is 1. The van der Waals surface area contributed by atoms with Gasteiger partial charge < -0.3 is 15.1 Å². The summed E-state index contributed by atoms with van der Waals surface area (Å²) < 4.78 is 1.25. The van der Waals surface area contributed by atoms with Crippen molar-refractivity contribution >= 4 is 23.6 Å². The van der Waals surface area contributed by atoms with Crippen LogP contribution in [0.1, 0.15) is 43.7 Å². The van der Waals surface area contributed by atoms with E-state index in [9.17, 15) is 14.4 Å². The number of oxime groups is 1. The molecule has 1 fully saturated rings. The molecule has 2 aromatic rings. The minimum absolute atomic E-state index is 0.0705. The van der Waals surface area contributed by atoms with Crippen LogP contribution in [0.5, 0.6) is 0 Å². The molecule has 4 rings (SSSR count). The summed E-state index contributed by atoms with van der Waals surface area (Å²) in [5.74, 6) is 0.450. The summed E-state index contributed by atoms with van der Waals surface area (Å²) in [6, 6.07) is 7.60. The SMILES string of the molecule is CC/C=N\OCC(=O)N1CCC(Cn2c(=O)cc(Nc3ccc4c(c3)CCC4)[nH]c2=O)CC1. The Hall–Kier alpha value is -3.36. The quantitative estimate of drug-likeness (QED) is 0.471. The topological polar surface area (TPSA) is 109 Å². The molecule has 0 saturated carbocycles. The molecule has 0 radical (unpaired) electrons. The van der Waals surface area contributed by atoms with Crippen LogP contribution in [0.3, 0.4) is 0 Å². The number of fused-ring (bicyclic) bond motifs is 1. The van der Waals surface area contributed by atoms with Crippen LogP contribution in [-0.4, -0.2) is 46.3 Å². The highest BCUT2D eigenvalue weighted by Crippen LogP contribution is 2.26. The van der Waals surface area contributed by atoms with Crippen LogP contribution < -0.4 is 16.6 Å². The number of H-pyrrole nitrogens is 1. The van der Waals surface area contributed by atoms with Gasteiger partial charge in [-0.1, -0.05) is 18.1 Å². The van der Waals surface area contributed by atoms with E-state index in [1.807, 2.05) is 13.0 Å². The fourth-order valence-corrected chi connectivity index (χ4v) is 4.50. The molecule has 1 aromatic carbocycles. The van der Waals surface area contributed by atoms with Crippen LogP contribution in [-0.2, 0) is 29.0 Å². The van der Waals surface area contributed by atoms with Crippen molar-refractivity contribution in [2.75, 3.05) is 25.0 Å². The third kappa shape index (κ3) is 5.71. The average molecular weight is 454 g/mol. The highest BCUT2D eigenvalue weighted by Gasteiger charge is 2.24. The lowest BCUT2D eigenvalue weighted by Crippen LogP contribution is -2.43. The molecule has 0 atom stereocenters. The van der Waals surface area contributed by atoms with Crippen LogP contribution >= 0.6 is 0 Å². The van der Waals surface area contributed by atoms with Crippen molar-refractivity contribution < 1.29 is 9.63 Å². The summed E-state index contributed by atoms with van der Waals surface area (Å²) >= 11 is 0. The van der Waals surface area contributed by atoms with Gasteiger partial charge in [0, 0.05) is 37.6 Å². The highest BCUT2D eigenvalue weighted by atomic mass is 16.6. The van der Waals surface area contributed by atoms with Crippen LogP contribution in [0.4, 0.5) is 11.5 Å². The van der Waals surface area contributed by atoms with Gasteiger partial charge in [0.15, 0.2) is 6.61 Å². The second-order valence-electron chi connectivity index (χ2n) is 8.69. The molecule has 33 heavy (non-hydrogen) atoms. The number of piperidine rings is 1. The Kier molecular flexibility index (Phi) is 7.26. The lowest BCUT2D eigenvalue weighted by molar-refractivity contribution is -0.137. The van der Waals surface area contributed by atoms with Crippen molar-refractivity contribution in [1.29, 1.82) is 0 Å². The number of hydrogen-bond donors (Lipinski definition) is 2. The normalized spacial score (nSPS) is 16.2. The summed E-state index contributed by atoms with van der Waals surface area (Å²) in [7, 11) is 0. The monoisotopic (exact) mass is 453 g/mol. The van der Waals surface area contributed by atoms with E-state index in [1.54, 1.807) is 11.1 Å². The molecule has 9 nitrogen and oxygen atoms in total. The smallest absolute Gasteiger partial charge is 0.329 e. The van der Waals surface area contributed by atoms with Gasteiger partial charge >= 0.3 is 5.69 Å². The van der Waals surface area contributed by atoms with Crippen molar-refractivity contribution in [2.24, 2.45) is 11.1 Å². The number of nitrogens with zero attached hydrogens (tertiary/aromatic N) is 3. The van der Waals surface area contributed by atoms with Crippen LogP contribution in [0.15, 0.2) is 39.0 Å². The standard InChI is InChI=1S/C24H31N5O4/c1-2-10-25-33-16-23(31)28-11-8-17(9-12-28)15-29-22(30)14-21(27-24(29)32)26-20-7-6-18-4-3-5-19(18)13-20/h6-7,10,13-14,17,26H,2-5,8-9,11-12,15-16H2,1H3,(H,27,32)/b25-10-. The molecule has 2 heterocycles. The first-order valence-corrected chi connectivity index (χ1v) is 11.7. The first kappa shape index (κ1) is 22.8. The zero-order valence-electron chi connectivity index (χ0n) is 19.0. The lowest BCUT2D eigenvalue weighted by atomic mass is 9.96. The summed E-state index contributed by atoms with van der Waals surface area (Å²) in [6.07, 6.45) is 7.16. The minimum Gasteiger partial charge on any atom is -0.386 e. The zero-order chi connectivity index (χ0) is 23.2. The van der Waals surface area contributed by atoms with Crippen molar-refractivity contribution in [3.8, 4) is 0 Å². The number of amides is 1. The predicted molar refractivity (Wildman–Crippen MR) is 127 cm³/mol. The third-order valence-electron chi connectivity index (χ3n) is 6.33. The van der Waals surface area contributed by atoms with E-state index < -0.39 is 5.69 Å². The van der Waals surface area contributed by atoms with Gasteiger partial charge in [0.05, 0.1) is 0 Å². The van der Waals surface area contributed by atoms with Gasteiger partial charge in [0.25, 0.3) is 11.5 Å². The molecular weight excluding hydrogens is 422 g/mol. The van der Waals surface area contributed by atoms with Crippen LogP contribution in [0.2, 0.25) is 0 Å². The number of likely N-dealkylation sites (tertiary alicyclic amines) is 1. The fraction of sp³-hybridized carbons (Fsp3) is 0.500. The summed E-state index contributed by atoms with van der Waals surface area (Å²) in [6.45, 7) is 3.36. The van der Waals surface area contributed by atoms with Gasteiger partial charge in [-0.25, -0.2) is 4.79 Å². The Labute approximate surface area is 192 Å². The first-order chi connectivity index (χ1) is 16.0. The number of anilines is 2. The molecule has 1 amide bonds. The maximum absolute atomic E-state index is 12.7. The molecule has 176 valence electrons. The molecule has 2 aliphatic rings. The number of aromatic amines is 1. The van der Waals surface area contributed by atoms with Gasteiger partial charge in [-0.15, -0.1) is 0 Å². The Morgan fingerprint density at radius 3 is 2.76 bits per heavy atom. The van der Waals surface area contributed by atoms with E-state index in [0.29, 0.717) is 25.5 Å². The first-order valence-electron chi connectivity index (χ1n) is 11.7. The number of hydrogen-bond acceptors (Lipinski definition) is 6. The van der Waals surface area contributed by atoms with Gasteiger partial charge in [0.2, 0.25) is 0 Å². The van der Waals surface area contributed by atoms with E-state index in [2.05, 4.69) is 27.6 Å². The molecular formula is C24H31N5O4. The highest BCUT2D eigenvalue weighted by molar-refractivity contribution is 5.77. The van der Waals surface area contributed by atoms with Crippen molar-refractivity contribution in [3.63, 3.8) is 0 Å². The molecule has 0 unspecified atom stereocenters. The van der Waals surface area contributed by atoms with E-state index in [1.165, 1.54) is 28.2 Å². The second kappa shape index (κ2) is 10.5. The Morgan fingerprint density at radius 2 is 2.00 bits per heavy atom. The van der Waals surface area contributed by atoms with E-state index >= 15 is 0 Å². The molecule has 2 N–H and O–H groups in total. The maximum Gasteiger partial charge on any atom is 0.329 e. The van der Waals surface area contributed by atoms with Gasteiger partial charge in [-0.05, 0) is 67.7 Å². The number of aryl methyl sites for hydroxylation is 2. The number of carbonyl (C=O) groups is 1. The molecule has 9 heteroatoms. The maximum atomic E-state index is 12.7. The van der Waals surface area contributed by atoms with Crippen molar-refractivity contribution in [1.82, 2.24) is 14.5 Å². The Morgan fingerprint density at radius 1 is 1.21 bits per heavy atom. The number of nitrogens with one attached hydrogen (secondary N) is 2. The Balaban J connectivity index is 1.33. The largest absolute Gasteiger partial charge is 0.386 e. The molecule has 1 aliphatic carbocycles. The van der Waals surface area contributed by atoms with Gasteiger partial charge in [-0.3, -0.25) is 19.1 Å². The summed E-state index contributed by atoms with van der Waals surface area (Å²) in [5.41, 5.74) is 2.80. The molecule has 1 aromatic heterocycles. The average Bonchev–Trinajstić information content (AvgIpc) is 3.27. The lowest BCUT2D eigenvalue weighted by Gasteiger charge is -2.31. The van der Waals surface area contributed by atoms with Gasteiger partial charge in [-0.2, -0.15) is 0 Å². The van der Waals surface area contributed by atoms with Crippen molar-refractivity contribution in [3.05, 3.63) is 56.2 Å². The van der Waals surface area contributed by atoms with Crippen molar-refractivity contribution in [2.45, 2.75) is 52.0 Å². The minimum atomic E-state index is -0.424.